The molecule has 0 saturated carbocycles. The Bertz CT molecular complexity index is 894. The van der Waals surface area contributed by atoms with Crippen molar-refractivity contribution in [3.63, 3.8) is 0 Å². The van der Waals surface area contributed by atoms with Gasteiger partial charge in [0.25, 0.3) is 5.91 Å². The Morgan fingerprint density at radius 2 is 1.41 bits per heavy atom. The molecule has 1 N–H and O–H groups in total. The molecule has 0 bridgehead atoms. The van der Waals surface area contributed by atoms with Gasteiger partial charge in [-0.25, -0.2) is 8.78 Å². The monoisotopic (exact) mass is 401 g/mol. The molecule has 0 aromatic heterocycles. The fraction of sp³-hybridized carbons (Fsp3) is 0.286. The molecule has 2 aromatic carbocycles. The molecule has 6 nitrogen and oxygen atoms in total. The minimum atomic E-state index is -0.649. The molecule has 3 rings (SSSR count). The summed E-state index contributed by atoms with van der Waals surface area (Å²) in [6.45, 7) is 1.23. The number of rotatable bonds is 5. The third-order valence-electron chi connectivity index (χ3n) is 4.77. The van der Waals surface area contributed by atoms with E-state index < -0.39 is 11.7 Å². The van der Waals surface area contributed by atoms with Crippen molar-refractivity contribution in [3.8, 4) is 0 Å². The van der Waals surface area contributed by atoms with Crippen LogP contribution in [0.4, 0.5) is 8.78 Å². The molecule has 1 saturated heterocycles. The Balaban J connectivity index is 1.44. The van der Waals surface area contributed by atoms with Crippen LogP contribution >= 0.6 is 0 Å². The molecule has 152 valence electrons. The SMILES string of the molecule is O=C(NCC(=O)N1CCN(C(=O)Cc2ccc(F)cc2)CC1)c1ccccc1F. The normalized spacial score (nSPS) is 13.9. The molecule has 1 aliphatic rings. The topological polar surface area (TPSA) is 69.7 Å². The number of hydrogen-bond donors (Lipinski definition) is 1. The summed E-state index contributed by atoms with van der Waals surface area (Å²) in [6.07, 6.45) is 0.174. The van der Waals surface area contributed by atoms with Gasteiger partial charge in [0.2, 0.25) is 11.8 Å². The van der Waals surface area contributed by atoms with E-state index in [1.807, 2.05) is 0 Å². The fourth-order valence-electron chi connectivity index (χ4n) is 3.10. The summed E-state index contributed by atoms with van der Waals surface area (Å²) in [5, 5.41) is 2.43. The molecular weight excluding hydrogens is 380 g/mol. The number of halogens is 2. The fourth-order valence-corrected chi connectivity index (χ4v) is 3.10. The minimum absolute atomic E-state index is 0.0865. The van der Waals surface area contributed by atoms with Gasteiger partial charge in [0.15, 0.2) is 0 Å². The summed E-state index contributed by atoms with van der Waals surface area (Å²) in [5.41, 5.74) is 0.613. The highest BCUT2D eigenvalue weighted by molar-refractivity contribution is 5.96. The molecule has 0 atom stereocenters. The van der Waals surface area contributed by atoms with E-state index in [4.69, 9.17) is 0 Å². The molecule has 0 aliphatic carbocycles. The second-order valence-electron chi connectivity index (χ2n) is 6.73. The number of hydrogen-bond acceptors (Lipinski definition) is 3. The molecule has 2 aromatic rings. The van der Waals surface area contributed by atoms with Crippen molar-refractivity contribution in [2.75, 3.05) is 32.7 Å². The average molecular weight is 401 g/mol. The maximum atomic E-state index is 13.6. The van der Waals surface area contributed by atoms with Gasteiger partial charge in [-0.2, -0.15) is 0 Å². The summed E-state index contributed by atoms with van der Waals surface area (Å²) < 4.78 is 26.6. The Morgan fingerprint density at radius 3 is 2.03 bits per heavy atom. The van der Waals surface area contributed by atoms with Crippen LogP contribution in [0.5, 0.6) is 0 Å². The number of carbonyl (C=O) groups is 3. The summed E-state index contributed by atoms with van der Waals surface area (Å²) in [7, 11) is 0. The third kappa shape index (κ3) is 5.37. The smallest absolute Gasteiger partial charge is 0.254 e. The number of benzene rings is 2. The van der Waals surface area contributed by atoms with Gasteiger partial charge in [-0.05, 0) is 29.8 Å². The van der Waals surface area contributed by atoms with E-state index in [0.29, 0.717) is 26.2 Å². The lowest BCUT2D eigenvalue weighted by atomic mass is 10.1. The first-order valence-electron chi connectivity index (χ1n) is 9.27. The van der Waals surface area contributed by atoms with Crippen LogP contribution in [0.25, 0.3) is 0 Å². The number of nitrogens with zero attached hydrogens (tertiary/aromatic N) is 2. The van der Waals surface area contributed by atoms with Crippen LogP contribution in [-0.4, -0.2) is 60.2 Å². The second kappa shape index (κ2) is 9.27. The zero-order chi connectivity index (χ0) is 20.8. The lowest BCUT2D eigenvalue weighted by molar-refractivity contribution is -0.138. The highest BCUT2D eigenvalue weighted by Gasteiger charge is 2.24. The molecule has 1 aliphatic heterocycles. The van der Waals surface area contributed by atoms with E-state index in [0.717, 1.165) is 5.56 Å². The zero-order valence-corrected chi connectivity index (χ0v) is 15.7. The quantitative estimate of drug-likeness (QED) is 0.828. The second-order valence-corrected chi connectivity index (χ2v) is 6.73. The van der Waals surface area contributed by atoms with E-state index in [-0.39, 0.29) is 36.2 Å². The van der Waals surface area contributed by atoms with Gasteiger partial charge in [0, 0.05) is 26.2 Å². The van der Waals surface area contributed by atoms with Gasteiger partial charge >= 0.3 is 0 Å². The standard InChI is InChI=1S/C21H21F2N3O3/c22-16-7-5-15(6-8-16)13-19(27)25-9-11-26(12-10-25)20(28)14-24-21(29)17-3-1-2-4-18(17)23/h1-8H,9-14H2,(H,24,29). The molecule has 29 heavy (non-hydrogen) atoms. The van der Waals surface area contributed by atoms with Crippen molar-refractivity contribution in [2.24, 2.45) is 0 Å². The number of amides is 3. The van der Waals surface area contributed by atoms with Gasteiger partial charge in [-0.15, -0.1) is 0 Å². The van der Waals surface area contributed by atoms with Crippen LogP contribution in [0, 0.1) is 11.6 Å². The van der Waals surface area contributed by atoms with Crippen molar-refractivity contribution in [3.05, 3.63) is 71.3 Å². The van der Waals surface area contributed by atoms with Crippen LogP contribution in [0.1, 0.15) is 15.9 Å². The Hall–Kier alpha value is -3.29. The van der Waals surface area contributed by atoms with E-state index in [1.54, 1.807) is 28.0 Å². The van der Waals surface area contributed by atoms with E-state index in [2.05, 4.69) is 5.32 Å². The number of nitrogens with one attached hydrogen (secondary N) is 1. The first-order chi connectivity index (χ1) is 13.9. The van der Waals surface area contributed by atoms with E-state index in [9.17, 15) is 23.2 Å². The van der Waals surface area contributed by atoms with Gasteiger partial charge in [0.05, 0.1) is 18.5 Å². The van der Waals surface area contributed by atoms with Crippen LogP contribution in [0.15, 0.2) is 48.5 Å². The van der Waals surface area contributed by atoms with Crippen molar-refractivity contribution in [1.29, 1.82) is 0 Å². The largest absolute Gasteiger partial charge is 0.343 e. The van der Waals surface area contributed by atoms with Crippen LogP contribution in [0.2, 0.25) is 0 Å². The molecule has 0 radical (unpaired) electrons. The van der Waals surface area contributed by atoms with Gasteiger partial charge < -0.3 is 15.1 Å². The van der Waals surface area contributed by atoms with Crippen LogP contribution < -0.4 is 5.32 Å². The van der Waals surface area contributed by atoms with Gasteiger partial charge in [0.1, 0.15) is 11.6 Å². The van der Waals surface area contributed by atoms with Crippen LogP contribution in [-0.2, 0) is 16.0 Å². The predicted molar refractivity (Wildman–Crippen MR) is 102 cm³/mol. The average Bonchev–Trinajstić information content (AvgIpc) is 2.74. The molecule has 0 unspecified atom stereocenters. The number of carbonyl (C=O) groups excluding carboxylic acids is 3. The summed E-state index contributed by atoms with van der Waals surface area (Å²) in [5.74, 6) is -2.03. The van der Waals surface area contributed by atoms with Gasteiger partial charge in [-0.3, -0.25) is 14.4 Å². The van der Waals surface area contributed by atoms with Crippen molar-refractivity contribution in [1.82, 2.24) is 15.1 Å². The minimum Gasteiger partial charge on any atom is -0.343 e. The van der Waals surface area contributed by atoms with Crippen molar-refractivity contribution >= 4 is 17.7 Å². The molecule has 8 heteroatoms. The van der Waals surface area contributed by atoms with E-state index >= 15 is 0 Å². The van der Waals surface area contributed by atoms with Crippen molar-refractivity contribution in [2.45, 2.75) is 6.42 Å². The Labute approximate surface area is 167 Å². The first kappa shape index (κ1) is 20.4. The first-order valence-corrected chi connectivity index (χ1v) is 9.27. The Kier molecular flexibility index (Phi) is 6.54. The third-order valence-corrected chi connectivity index (χ3v) is 4.77. The zero-order valence-electron chi connectivity index (χ0n) is 15.7. The molecule has 0 spiro atoms. The lowest BCUT2D eigenvalue weighted by Crippen LogP contribution is -2.52. The Morgan fingerprint density at radius 1 is 0.828 bits per heavy atom. The summed E-state index contributed by atoms with van der Waals surface area (Å²) in [6, 6.07) is 11.3. The van der Waals surface area contributed by atoms with E-state index in [1.165, 1.54) is 30.3 Å². The van der Waals surface area contributed by atoms with Crippen molar-refractivity contribution < 1.29 is 23.2 Å². The summed E-state index contributed by atoms with van der Waals surface area (Å²) in [4.78, 5) is 39.9. The lowest BCUT2D eigenvalue weighted by Gasteiger charge is -2.35. The molecule has 3 amide bonds. The summed E-state index contributed by atoms with van der Waals surface area (Å²) >= 11 is 0. The van der Waals surface area contributed by atoms with Crippen LogP contribution in [0.3, 0.4) is 0 Å². The maximum absolute atomic E-state index is 13.6. The number of piperazine rings is 1. The molecule has 1 heterocycles. The molecular formula is C21H21F2N3O3. The highest BCUT2D eigenvalue weighted by atomic mass is 19.1. The predicted octanol–water partition coefficient (Wildman–Crippen LogP) is 1.61. The molecule has 1 fully saturated rings. The maximum Gasteiger partial charge on any atom is 0.254 e. The van der Waals surface area contributed by atoms with Gasteiger partial charge in [-0.1, -0.05) is 24.3 Å². The highest BCUT2D eigenvalue weighted by Crippen LogP contribution is 2.09.